The Bertz CT molecular complexity index is 473. The Hall–Kier alpha value is -1.49. The van der Waals surface area contributed by atoms with Crippen LogP contribution in [0.5, 0.6) is 0 Å². The van der Waals surface area contributed by atoms with Crippen molar-refractivity contribution in [2.45, 2.75) is 5.92 Å². The highest BCUT2D eigenvalue weighted by Gasteiger charge is 2.48. The topological polar surface area (TPSA) is 46.2 Å². The monoisotopic (exact) mass is 231 g/mol. The van der Waals surface area contributed by atoms with Gasteiger partial charge in [-0.3, -0.25) is 14.9 Å². The van der Waals surface area contributed by atoms with Gasteiger partial charge in [-0.05, 0) is 12.1 Å². The zero-order valence-corrected chi connectivity index (χ0v) is 7.94. The van der Waals surface area contributed by atoms with Crippen molar-refractivity contribution < 1.29 is 18.4 Å². The van der Waals surface area contributed by atoms with Crippen molar-refractivity contribution in [3.05, 3.63) is 34.3 Å². The Morgan fingerprint density at radius 2 is 1.93 bits per heavy atom. The summed E-state index contributed by atoms with van der Waals surface area (Å²) in [4.78, 5) is 22.1. The summed E-state index contributed by atoms with van der Waals surface area (Å²) in [6.07, 6.45) is 0. The van der Waals surface area contributed by atoms with Crippen molar-refractivity contribution in [1.29, 1.82) is 0 Å². The van der Waals surface area contributed by atoms with E-state index in [4.69, 9.17) is 11.6 Å². The third-order valence-electron chi connectivity index (χ3n) is 2.08. The van der Waals surface area contributed by atoms with Gasteiger partial charge in [0, 0.05) is 10.6 Å². The van der Waals surface area contributed by atoms with Gasteiger partial charge in [0.05, 0.1) is 5.56 Å². The maximum Gasteiger partial charge on any atom is 0.350 e. The molecular weight excluding hydrogens is 228 g/mol. The average Bonchev–Trinajstić information content (AvgIpc) is 2.15. The van der Waals surface area contributed by atoms with E-state index in [1.807, 2.05) is 0 Å². The Morgan fingerprint density at radius 3 is 2.60 bits per heavy atom. The lowest BCUT2D eigenvalue weighted by Gasteiger charge is -2.23. The van der Waals surface area contributed by atoms with E-state index < -0.39 is 23.3 Å². The van der Waals surface area contributed by atoms with Crippen LogP contribution in [0.15, 0.2) is 18.2 Å². The highest BCUT2D eigenvalue weighted by molar-refractivity contribution is 6.31. The predicted octanol–water partition coefficient (Wildman–Crippen LogP) is 1.70. The van der Waals surface area contributed by atoms with Crippen molar-refractivity contribution in [3.63, 3.8) is 0 Å². The van der Waals surface area contributed by atoms with Crippen LogP contribution in [0.25, 0.3) is 0 Å². The molecule has 0 spiro atoms. The van der Waals surface area contributed by atoms with Gasteiger partial charge in [-0.1, -0.05) is 17.7 Å². The van der Waals surface area contributed by atoms with Gasteiger partial charge >= 0.3 is 11.8 Å². The maximum atomic E-state index is 13.3. The highest BCUT2D eigenvalue weighted by Crippen LogP contribution is 2.35. The Balaban J connectivity index is 2.70. The molecule has 0 radical (unpaired) electrons. The fourth-order valence-corrected chi connectivity index (χ4v) is 1.52. The molecule has 0 atom stereocenters. The van der Waals surface area contributed by atoms with Crippen molar-refractivity contribution in [3.8, 4) is 0 Å². The van der Waals surface area contributed by atoms with Gasteiger partial charge in [0.15, 0.2) is 0 Å². The molecule has 0 unspecified atom stereocenters. The first-order chi connectivity index (χ1) is 6.93. The third kappa shape index (κ3) is 1.39. The van der Waals surface area contributed by atoms with Crippen LogP contribution in [-0.4, -0.2) is 11.8 Å². The molecular formula is C9H4ClF2NO2. The highest BCUT2D eigenvalue weighted by atomic mass is 35.5. The molecule has 1 aromatic rings. The number of rotatable bonds is 0. The van der Waals surface area contributed by atoms with Crippen LogP contribution in [0, 0.1) is 0 Å². The SMILES string of the molecule is O=C1NC(=O)C(F)(F)c2ccc(Cl)cc21. The number of hydrogen-bond donors (Lipinski definition) is 1. The average molecular weight is 232 g/mol. The van der Waals surface area contributed by atoms with Crippen LogP contribution in [0.3, 0.4) is 0 Å². The van der Waals surface area contributed by atoms with Crippen LogP contribution >= 0.6 is 11.6 Å². The van der Waals surface area contributed by atoms with Crippen LogP contribution in [0.1, 0.15) is 15.9 Å². The second kappa shape index (κ2) is 3.00. The van der Waals surface area contributed by atoms with E-state index in [1.165, 1.54) is 6.07 Å². The number of carbonyl (C=O) groups excluding carboxylic acids is 2. The van der Waals surface area contributed by atoms with E-state index in [0.717, 1.165) is 12.1 Å². The molecule has 1 aliphatic rings. The molecule has 0 aromatic heterocycles. The Kier molecular flexibility index (Phi) is 2.01. The number of amides is 2. The van der Waals surface area contributed by atoms with E-state index >= 15 is 0 Å². The van der Waals surface area contributed by atoms with Gasteiger partial charge in [-0.25, -0.2) is 0 Å². The van der Waals surface area contributed by atoms with E-state index in [0.29, 0.717) is 0 Å². The molecule has 1 aromatic carbocycles. The van der Waals surface area contributed by atoms with E-state index in [2.05, 4.69) is 0 Å². The summed E-state index contributed by atoms with van der Waals surface area (Å²) >= 11 is 5.56. The molecule has 2 rings (SSSR count). The summed E-state index contributed by atoms with van der Waals surface area (Å²) in [7, 11) is 0. The smallest absolute Gasteiger partial charge is 0.287 e. The van der Waals surface area contributed by atoms with E-state index in [-0.39, 0.29) is 10.6 Å². The van der Waals surface area contributed by atoms with Crippen LogP contribution in [0.4, 0.5) is 8.78 Å². The zero-order valence-electron chi connectivity index (χ0n) is 7.18. The second-order valence-electron chi connectivity index (χ2n) is 3.05. The minimum atomic E-state index is -3.69. The number of alkyl halides is 2. The molecule has 1 N–H and O–H groups in total. The molecule has 0 saturated carbocycles. The summed E-state index contributed by atoms with van der Waals surface area (Å²) in [5.74, 6) is -6.15. The quantitative estimate of drug-likeness (QED) is 0.691. The maximum absolute atomic E-state index is 13.3. The number of fused-ring (bicyclic) bond motifs is 1. The summed E-state index contributed by atoms with van der Waals surface area (Å²) in [6.45, 7) is 0. The molecule has 1 aliphatic heterocycles. The van der Waals surface area contributed by atoms with E-state index in [1.54, 1.807) is 5.32 Å². The lowest BCUT2D eigenvalue weighted by molar-refractivity contribution is -0.146. The fourth-order valence-electron chi connectivity index (χ4n) is 1.35. The van der Waals surface area contributed by atoms with Crippen LogP contribution in [-0.2, 0) is 10.7 Å². The predicted molar refractivity (Wildman–Crippen MR) is 47.8 cm³/mol. The first-order valence-corrected chi connectivity index (χ1v) is 4.34. The zero-order chi connectivity index (χ0) is 11.2. The van der Waals surface area contributed by atoms with Crippen molar-refractivity contribution in [2.75, 3.05) is 0 Å². The molecule has 15 heavy (non-hydrogen) atoms. The van der Waals surface area contributed by atoms with Gasteiger partial charge < -0.3 is 0 Å². The van der Waals surface area contributed by atoms with Gasteiger partial charge in [-0.2, -0.15) is 8.78 Å². The third-order valence-corrected chi connectivity index (χ3v) is 2.31. The summed E-state index contributed by atoms with van der Waals surface area (Å²) in [5.41, 5.74) is -0.882. The lowest BCUT2D eigenvalue weighted by atomic mass is 9.97. The molecule has 0 aliphatic carbocycles. The first kappa shape index (κ1) is 10.0. The number of halogens is 3. The number of hydrogen-bond acceptors (Lipinski definition) is 2. The Morgan fingerprint density at radius 1 is 1.27 bits per heavy atom. The van der Waals surface area contributed by atoms with Crippen molar-refractivity contribution in [2.24, 2.45) is 0 Å². The van der Waals surface area contributed by atoms with Gasteiger partial charge in [0.1, 0.15) is 0 Å². The standard InChI is InChI=1S/C9H4ClF2NO2/c10-4-1-2-6-5(3-4)7(14)13-8(15)9(6,11)12/h1-3H,(H,13,14,15). The number of benzene rings is 1. The van der Waals surface area contributed by atoms with Gasteiger partial charge in [-0.15, -0.1) is 0 Å². The summed E-state index contributed by atoms with van der Waals surface area (Å²) in [6, 6.07) is 3.29. The Labute approximate surface area is 88.0 Å². The van der Waals surface area contributed by atoms with Crippen molar-refractivity contribution in [1.82, 2.24) is 5.32 Å². The molecule has 3 nitrogen and oxygen atoms in total. The fraction of sp³-hybridized carbons (Fsp3) is 0.111. The van der Waals surface area contributed by atoms with Crippen LogP contribution < -0.4 is 5.32 Å². The normalized spacial score (nSPS) is 18.3. The van der Waals surface area contributed by atoms with Gasteiger partial charge in [0.25, 0.3) is 5.91 Å². The molecule has 0 fully saturated rings. The minimum Gasteiger partial charge on any atom is -0.287 e. The molecule has 0 bridgehead atoms. The number of carbonyl (C=O) groups is 2. The molecule has 2 amide bonds. The largest absolute Gasteiger partial charge is 0.350 e. The van der Waals surface area contributed by atoms with Crippen LogP contribution in [0.2, 0.25) is 5.02 Å². The lowest BCUT2D eigenvalue weighted by Crippen LogP contribution is -2.47. The van der Waals surface area contributed by atoms with Crippen molar-refractivity contribution >= 4 is 23.4 Å². The minimum absolute atomic E-state index is 0.161. The summed E-state index contributed by atoms with van der Waals surface area (Å²) < 4.78 is 26.6. The van der Waals surface area contributed by atoms with E-state index in [9.17, 15) is 18.4 Å². The second-order valence-corrected chi connectivity index (χ2v) is 3.48. The molecule has 1 heterocycles. The first-order valence-electron chi connectivity index (χ1n) is 3.96. The summed E-state index contributed by atoms with van der Waals surface area (Å²) in [5, 5.41) is 1.73. The number of imide groups is 1. The number of nitrogens with one attached hydrogen (secondary N) is 1. The molecule has 0 saturated heterocycles. The molecule has 6 heteroatoms. The molecule has 78 valence electrons. The van der Waals surface area contributed by atoms with Gasteiger partial charge in [0.2, 0.25) is 0 Å².